The summed E-state index contributed by atoms with van der Waals surface area (Å²) in [4.78, 5) is 24.6. The van der Waals surface area contributed by atoms with Gasteiger partial charge in [-0.1, -0.05) is 18.2 Å². The molecule has 0 bridgehead atoms. The third kappa shape index (κ3) is 6.35. The van der Waals surface area contributed by atoms with E-state index >= 15 is 0 Å². The fourth-order valence-corrected chi connectivity index (χ4v) is 4.42. The van der Waals surface area contributed by atoms with Crippen molar-refractivity contribution in [3.63, 3.8) is 0 Å². The molecule has 0 heterocycles. The molecule has 0 spiro atoms. The molecule has 0 saturated carbocycles. The molecule has 0 aliphatic rings. The second kappa shape index (κ2) is 10.8. The lowest BCUT2D eigenvalue weighted by Crippen LogP contribution is -2.45. The van der Waals surface area contributed by atoms with Gasteiger partial charge in [-0.2, -0.15) is 0 Å². The molecule has 1 N–H and O–H groups in total. The van der Waals surface area contributed by atoms with E-state index < -0.39 is 27.9 Å². The van der Waals surface area contributed by atoms with Crippen LogP contribution in [0.4, 0.5) is 11.4 Å². The van der Waals surface area contributed by atoms with Crippen molar-refractivity contribution in [3.05, 3.63) is 84.4 Å². The number of anilines is 2. The third-order valence-electron chi connectivity index (χ3n) is 4.82. The molecule has 1 atom stereocenters. The molecule has 3 rings (SSSR count). The van der Waals surface area contributed by atoms with Gasteiger partial charge in [0.1, 0.15) is 17.5 Å². The average molecular weight is 483 g/mol. The van der Waals surface area contributed by atoms with Crippen LogP contribution in [0.3, 0.4) is 0 Å². The first-order valence-corrected chi connectivity index (χ1v) is 12.4. The van der Waals surface area contributed by atoms with Crippen LogP contribution in [-0.4, -0.2) is 39.2 Å². The number of sulfonamides is 1. The van der Waals surface area contributed by atoms with Gasteiger partial charge < -0.3 is 14.8 Å². The van der Waals surface area contributed by atoms with Gasteiger partial charge in [0.2, 0.25) is 15.9 Å². The molecule has 0 aliphatic carbocycles. The molecule has 0 aromatic heterocycles. The maximum Gasteiger partial charge on any atom is 0.338 e. The van der Waals surface area contributed by atoms with Crippen molar-refractivity contribution < 1.29 is 27.5 Å². The van der Waals surface area contributed by atoms with Gasteiger partial charge in [0.25, 0.3) is 0 Å². The molecule has 1 amide bonds. The van der Waals surface area contributed by atoms with Crippen LogP contribution in [0, 0.1) is 0 Å². The number of amides is 1. The summed E-state index contributed by atoms with van der Waals surface area (Å²) in [5, 5.41) is 2.68. The van der Waals surface area contributed by atoms with Crippen LogP contribution in [0.5, 0.6) is 11.5 Å². The molecule has 34 heavy (non-hydrogen) atoms. The number of esters is 1. The van der Waals surface area contributed by atoms with E-state index in [1.807, 2.05) is 30.3 Å². The minimum atomic E-state index is -3.78. The highest BCUT2D eigenvalue weighted by Gasteiger charge is 2.29. The van der Waals surface area contributed by atoms with Crippen LogP contribution in [0.25, 0.3) is 0 Å². The first-order valence-electron chi connectivity index (χ1n) is 10.6. The number of carbonyl (C=O) groups excluding carboxylic acids is 2. The largest absolute Gasteiger partial charge is 0.462 e. The molecule has 1 unspecified atom stereocenters. The van der Waals surface area contributed by atoms with Crippen LogP contribution in [0.1, 0.15) is 24.2 Å². The minimum Gasteiger partial charge on any atom is -0.462 e. The van der Waals surface area contributed by atoms with Crippen LogP contribution >= 0.6 is 0 Å². The van der Waals surface area contributed by atoms with Gasteiger partial charge in [-0.25, -0.2) is 13.2 Å². The van der Waals surface area contributed by atoms with Gasteiger partial charge in [-0.15, -0.1) is 0 Å². The Hall–Kier alpha value is -3.85. The predicted octanol–water partition coefficient (Wildman–Crippen LogP) is 4.45. The third-order valence-corrected chi connectivity index (χ3v) is 6.06. The monoisotopic (exact) mass is 482 g/mol. The number of hydrogen-bond acceptors (Lipinski definition) is 6. The van der Waals surface area contributed by atoms with Crippen molar-refractivity contribution in [2.45, 2.75) is 19.9 Å². The zero-order valence-electron chi connectivity index (χ0n) is 19.1. The van der Waals surface area contributed by atoms with Gasteiger partial charge in [0.05, 0.1) is 24.1 Å². The van der Waals surface area contributed by atoms with Crippen LogP contribution in [0.2, 0.25) is 0 Å². The molecule has 178 valence electrons. The van der Waals surface area contributed by atoms with E-state index in [-0.39, 0.29) is 6.61 Å². The lowest BCUT2D eigenvalue weighted by molar-refractivity contribution is -0.116. The molecule has 0 saturated heterocycles. The van der Waals surface area contributed by atoms with Crippen molar-refractivity contribution in [3.8, 4) is 11.5 Å². The molecule has 8 nitrogen and oxygen atoms in total. The lowest BCUT2D eigenvalue weighted by atomic mass is 10.2. The summed E-state index contributed by atoms with van der Waals surface area (Å²) >= 11 is 0. The topological polar surface area (TPSA) is 102 Å². The molecule has 0 fully saturated rings. The van der Waals surface area contributed by atoms with Crippen molar-refractivity contribution in [2.75, 3.05) is 22.5 Å². The predicted molar refractivity (Wildman–Crippen MR) is 131 cm³/mol. The number of nitrogens with zero attached hydrogens (tertiary/aromatic N) is 1. The molecule has 3 aromatic carbocycles. The summed E-state index contributed by atoms with van der Waals surface area (Å²) in [5.41, 5.74) is 1.09. The van der Waals surface area contributed by atoms with E-state index in [1.54, 1.807) is 43.3 Å². The van der Waals surface area contributed by atoms with Crippen molar-refractivity contribution in [1.82, 2.24) is 0 Å². The zero-order chi connectivity index (χ0) is 24.7. The molecule has 3 aromatic rings. The normalized spacial score (nSPS) is 11.9. The van der Waals surface area contributed by atoms with Crippen molar-refractivity contribution in [1.29, 1.82) is 0 Å². The van der Waals surface area contributed by atoms with Gasteiger partial charge in [0.15, 0.2) is 0 Å². The highest BCUT2D eigenvalue weighted by atomic mass is 32.2. The average Bonchev–Trinajstić information content (AvgIpc) is 2.80. The second-order valence-electron chi connectivity index (χ2n) is 7.43. The molecule has 0 radical (unpaired) electrons. The van der Waals surface area contributed by atoms with Crippen molar-refractivity contribution >= 4 is 33.3 Å². The first-order chi connectivity index (χ1) is 16.2. The number of benzene rings is 3. The molecule has 0 aliphatic heterocycles. The van der Waals surface area contributed by atoms with Crippen LogP contribution in [0.15, 0.2) is 78.9 Å². The summed E-state index contributed by atoms with van der Waals surface area (Å²) in [6, 6.07) is 20.7. The number of carbonyl (C=O) groups is 2. The summed E-state index contributed by atoms with van der Waals surface area (Å²) in [6.07, 6.45) is 1.04. The Kier molecular flexibility index (Phi) is 7.91. The SMILES string of the molecule is CCOC(=O)c1ccc(NC(=O)C(C)N(c2ccc(Oc3ccccc3)cc2)S(C)(=O)=O)cc1. The maximum absolute atomic E-state index is 12.9. The highest BCUT2D eigenvalue weighted by Crippen LogP contribution is 2.27. The van der Waals surface area contributed by atoms with Gasteiger partial charge in [-0.3, -0.25) is 9.10 Å². The Bertz CT molecular complexity index is 1230. The van der Waals surface area contributed by atoms with E-state index in [4.69, 9.17) is 9.47 Å². The molecular formula is C25H26N2O6S. The van der Waals surface area contributed by atoms with E-state index in [9.17, 15) is 18.0 Å². The number of hydrogen-bond donors (Lipinski definition) is 1. The molecular weight excluding hydrogens is 456 g/mol. The van der Waals surface area contributed by atoms with Gasteiger partial charge in [-0.05, 0) is 74.5 Å². The van der Waals surface area contributed by atoms with E-state index in [0.29, 0.717) is 28.4 Å². The zero-order valence-corrected chi connectivity index (χ0v) is 19.9. The Labute approximate surface area is 199 Å². The Morgan fingerprint density at radius 1 is 0.912 bits per heavy atom. The van der Waals surface area contributed by atoms with Crippen molar-refractivity contribution in [2.24, 2.45) is 0 Å². The summed E-state index contributed by atoms with van der Waals surface area (Å²) < 4.78 is 36.8. The smallest absolute Gasteiger partial charge is 0.338 e. The standard InChI is InChI=1S/C25H26N2O6S/c1-4-32-25(29)19-10-12-20(13-11-19)26-24(28)18(2)27(34(3,30)31)21-14-16-23(17-15-21)33-22-8-6-5-7-9-22/h5-18H,4H2,1-3H3,(H,26,28). The van der Waals surface area contributed by atoms with Gasteiger partial charge in [0, 0.05) is 5.69 Å². The number of para-hydroxylation sites is 1. The fourth-order valence-electron chi connectivity index (χ4n) is 3.25. The lowest BCUT2D eigenvalue weighted by Gasteiger charge is -2.28. The Balaban J connectivity index is 1.74. The van der Waals surface area contributed by atoms with Crippen LogP contribution < -0.4 is 14.4 Å². The Morgan fingerprint density at radius 2 is 1.50 bits per heavy atom. The van der Waals surface area contributed by atoms with E-state index in [1.165, 1.54) is 19.1 Å². The number of rotatable bonds is 9. The fraction of sp³-hybridized carbons (Fsp3) is 0.200. The first kappa shape index (κ1) is 24.8. The second-order valence-corrected chi connectivity index (χ2v) is 9.29. The summed E-state index contributed by atoms with van der Waals surface area (Å²) in [5.74, 6) is 0.190. The van der Waals surface area contributed by atoms with E-state index in [0.717, 1.165) is 10.6 Å². The number of ether oxygens (including phenoxy) is 2. The number of nitrogens with one attached hydrogen (secondary N) is 1. The quantitative estimate of drug-likeness (QED) is 0.452. The summed E-state index contributed by atoms with van der Waals surface area (Å²) in [7, 11) is -3.78. The maximum atomic E-state index is 12.9. The minimum absolute atomic E-state index is 0.259. The Morgan fingerprint density at radius 3 is 2.06 bits per heavy atom. The highest BCUT2D eigenvalue weighted by molar-refractivity contribution is 7.92. The van der Waals surface area contributed by atoms with E-state index in [2.05, 4.69) is 5.32 Å². The molecule has 9 heteroatoms. The summed E-state index contributed by atoms with van der Waals surface area (Å²) in [6.45, 7) is 3.47. The van der Waals surface area contributed by atoms with Crippen LogP contribution in [-0.2, 0) is 19.6 Å². The van der Waals surface area contributed by atoms with Gasteiger partial charge >= 0.3 is 5.97 Å².